The second kappa shape index (κ2) is 10.4. The van der Waals surface area contributed by atoms with Crippen LogP contribution in [-0.4, -0.2) is 25.3 Å². The molecule has 0 saturated heterocycles. The van der Waals surface area contributed by atoms with Gasteiger partial charge in [0.15, 0.2) is 0 Å². The number of unbranched alkanes of at least 4 members (excludes halogenated alkanes) is 4. The molecule has 1 N–H and O–H groups in total. The second-order valence-corrected chi connectivity index (χ2v) is 4.34. The van der Waals surface area contributed by atoms with Crippen molar-refractivity contribution >= 4 is 0 Å². The Kier molecular flexibility index (Phi) is 10.4. The molecule has 0 fully saturated rings. The van der Waals surface area contributed by atoms with Crippen molar-refractivity contribution in [2.24, 2.45) is 0 Å². The van der Waals surface area contributed by atoms with Crippen LogP contribution >= 0.6 is 0 Å². The summed E-state index contributed by atoms with van der Waals surface area (Å²) in [6.07, 6.45) is 6.89. The van der Waals surface area contributed by atoms with Gasteiger partial charge in [0.05, 0.1) is 6.10 Å². The van der Waals surface area contributed by atoms with Crippen LogP contribution in [0.5, 0.6) is 0 Å². The molecule has 0 aromatic heterocycles. The standard InChI is InChI=1S/C13H29NO/c1-5-7-8-9-10-11-15-13(4)12(3)14-6-2/h12-14H,5-11H2,1-4H3. The Hall–Kier alpha value is -0.0800. The minimum atomic E-state index is 0.330. The fourth-order valence-corrected chi connectivity index (χ4v) is 1.61. The highest BCUT2D eigenvalue weighted by Gasteiger charge is 2.10. The minimum Gasteiger partial charge on any atom is -0.377 e. The lowest BCUT2D eigenvalue weighted by Crippen LogP contribution is -2.37. The quantitative estimate of drug-likeness (QED) is 0.564. The predicted octanol–water partition coefficient (Wildman–Crippen LogP) is 3.36. The topological polar surface area (TPSA) is 21.3 Å². The zero-order valence-corrected chi connectivity index (χ0v) is 11.0. The Bertz CT molecular complexity index is 128. The molecule has 0 amide bonds. The first kappa shape index (κ1) is 14.9. The maximum absolute atomic E-state index is 5.77. The highest BCUT2D eigenvalue weighted by Crippen LogP contribution is 2.04. The summed E-state index contributed by atoms with van der Waals surface area (Å²) in [7, 11) is 0. The SMILES string of the molecule is CCCCCCCOC(C)C(C)NCC. The Labute approximate surface area is 95.8 Å². The number of nitrogens with one attached hydrogen (secondary N) is 1. The van der Waals surface area contributed by atoms with Gasteiger partial charge in [-0.2, -0.15) is 0 Å². The molecule has 0 aromatic carbocycles. The molecule has 15 heavy (non-hydrogen) atoms. The van der Waals surface area contributed by atoms with Crippen molar-refractivity contribution in [2.45, 2.75) is 71.9 Å². The van der Waals surface area contributed by atoms with Crippen LogP contribution in [0.3, 0.4) is 0 Å². The van der Waals surface area contributed by atoms with Gasteiger partial charge in [-0.3, -0.25) is 0 Å². The molecule has 2 atom stereocenters. The zero-order valence-electron chi connectivity index (χ0n) is 11.0. The molecule has 0 aromatic rings. The molecule has 0 radical (unpaired) electrons. The van der Waals surface area contributed by atoms with E-state index in [2.05, 4.69) is 33.0 Å². The molecule has 0 spiro atoms. The van der Waals surface area contributed by atoms with Crippen LogP contribution in [-0.2, 0) is 4.74 Å². The Morgan fingerprint density at radius 2 is 1.67 bits per heavy atom. The summed E-state index contributed by atoms with van der Waals surface area (Å²) in [6, 6.07) is 0.464. The summed E-state index contributed by atoms with van der Waals surface area (Å²) in [5, 5.41) is 3.38. The van der Waals surface area contributed by atoms with E-state index in [9.17, 15) is 0 Å². The molecule has 2 unspecified atom stereocenters. The summed E-state index contributed by atoms with van der Waals surface area (Å²) in [5.41, 5.74) is 0. The van der Waals surface area contributed by atoms with E-state index in [1.807, 2.05) is 0 Å². The average Bonchev–Trinajstić information content (AvgIpc) is 2.23. The molecule has 0 bridgehead atoms. The largest absolute Gasteiger partial charge is 0.377 e. The summed E-state index contributed by atoms with van der Waals surface area (Å²) < 4.78 is 5.77. The smallest absolute Gasteiger partial charge is 0.0697 e. The molecule has 2 nitrogen and oxygen atoms in total. The van der Waals surface area contributed by atoms with Crippen molar-refractivity contribution in [3.63, 3.8) is 0 Å². The van der Waals surface area contributed by atoms with Crippen LogP contribution in [0.25, 0.3) is 0 Å². The van der Waals surface area contributed by atoms with Crippen LogP contribution in [0, 0.1) is 0 Å². The molecule has 0 saturated carbocycles. The highest BCUT2D eigenvalue weighted by atomic mass is 16.5. The fourth-order valence-electron chi connectivity index (χ4n) is 1.61. The summed E-state index contributed by atoms with van der Waals surface area (Å²) in [5.74, 6) is 0. The minimum absolute atomic E-state index is 0.330. The lowest BCUT2D eigenvalue weighted by atomic mass is 10.1. The number of likely N-dealkylation sites (N-methyl/N-ethyl adjacent to an activating group) is 1. The van der Waals surface area contributed by atoms with Gasteiger partial charge in [-0.15, -0.1) is 0 Å². The summed E-state index contributed by atoms with van der Waals surface area (Å²) in [4.78, 5) is 0. The van der Waals surface area contributed by atoms with Crippen LogP contribution in [0.15, 0.2) is 0 Å². The van der Waals surface area contributed by atoms with Crippen molar-refractivity contribution in [3.8, 4) is 0 Å². The summed E-state index contributed by atoms with van der Waals surface area (Å²) in [6.45, 7) is 10.7. The van der Waals surface area contributed by atoms with Gasteiger partial charge in [-0.25, -0.2) is 0 Å². The van der Waals surface area contributed by atoms with Gasteiger partial charge in [-0.1, -0.05) is 39.5 Å². The van der Waals surface area contributed by atoms with E-state index in [4.69, 9.17) is 4.74 Å². The fraction of sp³-hybridized carbons (Fsp3) is 1.00. The van der Waals surface area contributed by atoms with E-state index in [1.165, 1.54) is 32.1 Å². The Balaban J connectivity index is 3.26. The van der Waals surface area contributed by atoms with Gasteiger partial charge in [-0.05, 0) is 26.8 Å². The molecule has 2 heteroatoms. The van der Waals surface area contributed by atoms with Gasteiger partial charge in [0.25, 0.3) is 0 Å². The molecule has 0 heterocycles. The van der Waals surface area contributed by atoms with Gasteiger partial charge in [0.1, 0.15) is 0 Å². The zero-order chi connectivity index (χ0) is 11.5. The van der Waals surface area contributed by atoms with E-state index in [0.717, 1.165) is 13.2 Å². The summed E-state index contributed by atoms with van der Waals surface area (Å²) >= 11 is 0. The van der Waals surface area contributed by atoms with Crippen molar-refractivity contribution in [3.05, 3.63) is 0 Å². The third-order valence-electron chi connectivity index (χ3n) is 2.86. The van der Waals surface area contributed by atoms with E-state index in [0.29, 0.717) is 12.1 Å². The van der Waals surface area contributed by atoms with Gasteiger partial charge in [0, 0.05) is 12.6 Å². The maximum Gasteiger partial charge on any atom is 0.0697 e. The normalized spacial score (nSPS) is 15.2. The second-order valence-electron chi connectivity index (χ2n) is 4.34. The molecule has 92 valence electrons. The van der Waals surface area contributed by atoms with Gasteiger partial charge >= 0.3 is 0 Å². The molecular weight excluding hydrogens is 186 g/mol. The van der Waals surface area contributed by atoms with Crippen molar-refractivity contribution in [1.82, 2.24) is 5.32 Å². The lowest BCUT2D eigenvalue weighted by molar-refractivity contribution is 0.0413. The monoisotopic (exact) mass is 215 g/mol. The molecule has 0 aliphatic rings. The third-order valence-corrected chi connectivity index (χ3v) is 2.86. The first-order chi connectivity index (χ1) is 7.22. The Morgan fingerprint density at radius 1 is 1.00 bits per heavy atom. The van der Waals surface area contributed by atoms with Gasteiger partial charge in [0.2, 0.25) is 0 Å². The Morgan fingerprint density at radius 3 is 2.27 bits per heavy atom. The maximum atomic E-state index is 5.77. The van der Waals surface area contributed by atoms with E-state index >= 15 is 0 Å². The van der Waals surface area contributed by atoms with E-state index < -0.39 is 0 Å². The van der Waals surface area contributed by atoms with E-state index in [1.54, 1.807) is 0 Å². The van der Waals surface area contributed by atoms with Crippen molar-refractivity contribution < 1.29 is 4.74 Å². The van der Waals surface area contributed by atoms with Crippen molar-refractivity contribution in [2.75, 3.05) is 13.2 Å². The van der Waals surface area contributed by atoms with Crippen LogP contribution in [0.2, 0.25) is 0 Å². The predicted molar refractivity (Wildman–Crippen MR) is 67.3 cm³/mol. The molecule has 0 aliphatic carbocycles. The van der Waals surface area contributed by atoms with E-state index in [-0.39, 0.29) is 0 Å². The number of hydrogen-bond donors (Lipinski definition) is 1. The average molecular weight is 215 g/mol. The molecule has 0 aliphatic heterocycles. The molecular formula is C13H29NO. The van der Waals surface area contributed by atoms with Crippen LogP contribution < -0.4 is 5.32 Å². The number of rotatable bonds is 10. The van der Waals surface area contributed by atoms with Crippen LogP contribution in [0.4, 0.5) is 0 Å². The lowest BCUT2D eigenvalue weighted by Gasteiger charge is -2.21. The first-order valence-electron chi connectivity index (χ1n) is 6.57. The molecule has 0 rings (SSSR count). The number of hydrogen-bond acceptors (Lipinski definition) is 2. The first-order valence-corrected chi connectivity index (χ1v) is 6.57. The number of ether oxygens (including phenoxy) is 1. The van der Waals surface area contributed by atoms with Crippen LogP contribution in [0.1, 0.15) is 59.8 Å². The van der Waals surface area contributed by atoms with Gasteiger partial charge < -0.3 is 10.1 Å². The highest BCUT2D eigenvalue weighted by molar-refractivity contribution is 4.66. The third kappa shape index (κ3) is 8.88. The van der Waals surface area contributed by atoms with Crippen molar-refractivity contribution in [1.29, 1.82) is 0 Å².